The number of alkyl halides is 1. The third-order valence-corrected chi connectivity index (χ3v) is 3.13. The van der Waals surface area contributed by atoms with Crippen molar-refractivity contribution in [2.24, 2.45) is 11.0 Å². The van der Waals surface area contributed by atoms with Gasteiger partial charge in [0, 0.05) is 13.1 Å². The first kappa shape index (κ1) is 10.1. The first-order chi connectivity index (χ1) is 5.65. The van der Waals surface area contributed by atoms with E-state index in [1.165, 1.54) is 0 Å². The fraction of sp³-hybridized carbons (Fsp3) is 0.875. The molecule has 0 aromatic carbocycles. The van der Waals surface area contributed by atoms with E-state index in [9.17, 15) is 0 Å². The van der Waals surface area contributed by atoms with Crippen LogP contribution >= 0.6 is 22.6 Å². The van der Waals surface area contributed by atoms with Crippen molar-refractivity contribution < 1.29 is 0 Å². The van der Waals surface area contributed by atoms with Crippen LogP contribution in [0.25, 0.3) is 0 Å². The Balaban J connectivity index is 2.44. The van der Waals surface area contributed by atoms with Gasteiger partial charge in [-0.3, -0.25) is 5.01 Å². The highest BCUT2D eigenvalue weighted by molar-refractivity contribution is 14.1. The van der Waals surface area contributed by atoms with Crippen LogP contribution in [0.1, 0.15) is 20.8 Å². The predicted molar refractivity (Wildman–Crippen MR) is 60.2 cm³/mol. The monoisotopic (exact) mass is 281 g/mol. The van der Waals surface area contributed by atoms with Crippen molar-refractivity contribution in [2.75, 3.05) is 13.1 Å². The van der Waals surface area contributed by atoms with E-state index in [1.54, 1.807) is 0 Å². The number of hydrogen-bond acceptors (Lipinski definition) is 3. The zero-order chi connectivity index (χ0) is 9.14. The largest absolute Gasteiger partial charge is 0.331 e. The fourth-order valence-electron chi connectivity index (χ4n) is 1.20. The number of nitrogens with zero attached hydrogens (tertiary/aromatic N) is 3. The lowest BCUT2D eigenvalue weighted by Crippen LogP contribution is -2.36. The summed E-state index contributed by atoms with van der Waals surface area (Å²) < 4.78 is 0.412. The van der Waals surface area contributed by atoms with Gasteiger partial charge in [-0.2, -0.15) is 5.10 Å². The maximum Gasteiger partial charge on any atom is 0.171 e. The van der Waals surface area contributed by atoms with Crippen LogP contribution in [0.2, 0.25) is 0 Å². The number of halogens is 1. The summed E-state index contributed by atoms with van der Waals surface area (Å²) in [6, 6.07) is 0. The van der Waals surface area contributed by atoms with E-state index in [1.807, 2.05) is 6.34 Å². The van der Waals surface area contributed by atoms with E-state index < -0.39 is 0 Å². The molecule has 3 nitrogen and oxygen atoms in total. The highest BCUT2D eigenvalue weighted by Crippen LogP contribution is 2.18. The van der Waals surface area contributed by atoms with Gasteiger partial charge in [0.1, 0.15) is 6.34 Å². The van der Waals surface area contributed by atoms with Gasteiger partial charge in [-0.1, -0.05) is 13.8 Å². The Bertz CT molecular complexity index is 170. The molecule has 0 aromatic heterocycles. The molecule has 12 heavy (non-hydrogen) atoms. The van der Waals surface area contributed by atoms with Gasteiger partial charge in [-0.15, -0.1) is 0 Å². The maximum atomic E-state index is 4.30. The smallest absolute Gasteiger partial charge is 0.171 e. The molecule has 1 aliphatic heterocycles. The normalized spacial score (nSPS) is 22.9. The summed E-state index contributed by atoms with van der Waals surface area (Å²) in [7, 11) is 0. The van der Waals surface area contributed by atoms with Gasteiger partial charge in [0.05, 0.1) is 0 Å². The summed E-state index contributed by atoms with van der Waals surface area (Å²) in [5.41, 5.74) is 0. The average Bonchev–Trinajstić information content (AvgIpc) is 2.32. The summed E-state index contributed by atoms with van der Waals surface area (Å²) >= 11 is 2.42. The molecule has 0 bridgehead atoms. The maximum absolute atomic E-state index is 4.30. The summed E-state index contributed by atoms with van der Waals surface area (Å²) in [5, 5.41) is 6.38. The van der Waals surface area contributed by atoms with E-state index in [4.69, 9.17) is 0 Å². The van der Waals surface area contributed by atoms with Crippen molar-refractivity contribution in [1.82, 2.24) is 9.91 Å². The van der Waals surface area contributed by atoms with Crippen molar-refractivity contribution in [2.45, 2.75) is 24.9 Å². The summed E-state index contributed by atoms with van der Waals surface area (Å²) in [5.74, 6) is 0.700. The van der Waals surface area contributed by atoms with Crippen molar-refractivity contribution in [3.63, 3.8) is 0 Å². The molecule has 0 radical (unpaired) electrons. The summed E-state index contributed by atoms with van der Waals surface area (Å²) in [6.45, 7) is 8.66. The molecule has 1 rings (SSSR count). The summed E-state index contributed by atoms with van der Waals surface area (Å²) in [4.78, 5) is 2.27. The summed E-state index contributed by atoms with van der Waals surface area (Å²) in [6.07, 6.45) is 1.95. The number of hydrazone groups is 1. The zero-order valence-electron chi connectivity index (χ0n) is 7.87. The molecule has 1 aliphatic rings. The molecule has 0 fully saturated rings. The van der Waals surface area contributed by atoms with Gasteiger partial charge >= 0.3 is 0 Å². The van der Waals surface area contributed by atoms with E-state index in [-0.39, 0.29) is 0 Å². The van der Waals surface area contributed by atoms with E-state index >= 15 is 0 Å². The molecule has 0 amide bonds. The standard InChI is InChI=1S/C8H16IN3/c1-4-12-8(9)11(6-10-12)5-7(2)3/h6-8H,4-5H2,1-3H3. The van der Waals surface area contributed by atoms with Gasteiger partial charge in [0.15, 0.2) is 4.17 Å². The SMILES string of the molecule is CCN1N=CN(CC(C)C)C1I. The molecular weight excluding hydrogens is 265 g/mol. The van der Waals surface area contributed by atoms with Crippen LogP contribution in [0.5, 0.6) is 0 Å². The first-order valence-electron chi connectivity index (χ1n) is 4.35. The molecular formula is C8H16IN3. The second-order valence-electron chi connectivity index (χ2n) is 3.39. The van der Waals surface area contributed by atoms with Gasteiger partial charge in [-0.25, -0.2) is 0 Å². The lowest BCUT2D eigenvalue weighted by molar-refractivity contribution is 0.217. The van der Waals surface area contributed by atoms with Crippen molar-refractivity contribution >= 4 is 28.9 Å². The molecule has 0 aromatic rings. The zero-order valence-corrected chi connectivity index (χ0v) is 10.0. The van der Waals surface area contributed by atoms with E-state index in [2.05, 4.69) is 58.4 Å². The Morgan fingerprint density at radius 3 is 2.67 bits per heavy atom. The van der Waals surface area contributed by atoms with Crippen LogP contribution in [-0.2, 0) is 0 Å². The Morgan fingerprint density at radius 1 is 1.58 bits per heavy atom. The van der Waals surface area contributed by atoms with E-state index in [0.29, 0.717) is 10.1 Å². The molecule has 1 unspecified atom stereocenters. The lowest BCUT2D eigenvalue weighted by Gasteiger charge is -2.26. The minimum absolute atomic E-state index is 0.412. The topological polar surface area (TPSA) is 18.8 Å². The number of rotatable bonds is 3. The molecule has 1 atom stereocenters. The highest BCUT2D eigenvalue weighted by atomic mass is 127. The Hall–Kier alpha value is 0. The average molecular weight is 281 g/mol. The van der Waals surface area contributed by atoms with E-state index in [0.717, 1.165) is 13.1 Å². The molecule has 70 valence electrons. The van der Waals surface area contributed by atoms with Crippen molar-refractivity contribution in [3.05, 3.63) is 0 Å². The second kappa shape index (κ2) is 4.30. The predicted octanol–water partition coefficient (Wildman–Crippen LogP) is 1.94. The third kappa shape index (κ3) is 2.24. The van der Waals surface area contributed by atoms with Crippen LogP contribution in [0.15, 0.2) is 5.10 Å². The van der Waals surface area contributed by atoms with Crippen molar-refractivity contribution in [3.8, 4) is 0 Å². The van der Waals surface area contributed by atoms with Gasteiger partial charge in [0.2, 0.25) is 0 Å². The molecule has 0 saturated heterocycles. The Morgan fingerprint density at radius 2 is 2.25 bits per heavy atom. The molecule has 0 saturated carbocycles. The molecule has 1 heterocycles. The quantitative estimate of drug-likeness (QED) is 0.447. The third-order valence-electron chi connectivity index (χ3n) is 1.77. The Kier molecular flexibility index (Phi) is 3.61. The van der Waals surface area contributed by atoms with Crippen LogP contribution in [0.4, 0.5) is 0 Å². The van der Waals surface area contributed by atoms with Gasteiger partial charge < -0.3 is 4.90 Å². The molecule has 4 heteroatoms. The second-order valence-corrected chi connectivity index (χ2v) is 4.50. The van der Waals surface area contributed by atoms with Gasteiger partial charge in [0.25, 0.3) is 0 Å². The molecule has 0 aliphatic carbocycles. The highest BCUT2D eigenvalue weighted by Gasteiger charge is 2.23. The van der Waals surface area contributed by atoms with Crippen LogP contribution in [-0.4, -0.2) is 33.5 Å². The molecule has 0 spiro atoms. The van der Waals surface area contributed by atoms with Gasteiger partial charge in [-0.05, 0) is 35.4 Å². The Labute approximate surface area is 87.9 Å². The number of hydrogen-bond donors (Lipinski definition) is 0. The minimum atomic E-state index is 0.412. The van der Waals surface area contributed by atoms with Crippen LogP contribution in [0, 0.1) is 5.92 Å². The lowest BCUT2D eigenvalue weighted by atomic mass is 10.2. The first-order valence-corrected chi connectivity index (χ1v) is 5.60. The van der Waals surface area contributed by atoms with Crippen LogP contribution < -0.4 is 0 Å². The van der Waals surface area contributed by atoms with Crippen molar-refractivity contribution in [1.29, 1.82) is 0 Å². The van der Waals surface area contributed by atoms with Crippen LogP contribution in [0.3, 0.4) is 0 Å². The minimum Gasteiger partial charge on any atom is -0.331 e. The fourth-order valence-corrected chi connectivity index (χ4v) is 2.11. The molecule has 0 N–H and O–H groups in total.